The SMILES string of the molecule is CCC#CC1(O)CCC2c3ccccc3CCC2C1. The molecule has 19 heavy (non-hydrogen) atoms. The molecular weight excluding hydrogens is 232 g/mol. The Morgan fingerprint density at radius 2 is 2.16 bits per heavy atom. The van der Waals surface area contributed by atoms with Gasteiger partial charge in [0.2, 0.25) is 0 Å². The van der Waals surface area contributed by atoms with Crippen molar-refractivity contribution in [2.45, 2.75) is 57.0 Å². The molecule has 3 atom stereocenters. The molecular formula is C18H22O. The quantitative estimate of drug-likeness (QED) is 0.700. The second-order valence-electron chi connectivity index (χ2n) is 6.03. The van der Waals surface area contributed by atoms with Gasteiger partial charge in [0.25, 0.3) is 0 Å². The monoisotopic (exact) mass is 254 g/mol. The highest BCUT2D eigenvalue weighted by Gasteiger charge is 2.41. The van der Waals surface area contributed by atoms with Gasteiger partial charge in [0, 0.05) is 6.42 Å². The van der Waals surface area contributed by atoms with Crippen molar-refractivity contribution < 1.29 is 5.11 Å². The molecule has 1 aromatic carbocycles. The molecule has 1 aromatic rings. The van der Waals surface area contributed by atoms with Crippen molar-refractivity contribution in [3.8, 4) is 11.8 Å². The predicted octanol–water partition coefficient (Wildman–Crippen LogP) is 3.66. The average Bonchev–Trinajstić information content (AvgIpc) is 2.45. The zero-order valence-corrected chi connectivity index (χ0v) is 11.7. The summed E-state index contributed by atoms with van der Waals surface area (Å²) in [5.74, 6) is 7.44. The average molecular weight is 254 g/mol. The summed E-state index contributed by atoms with van der Waals surface area (Å²) in [5.41, 5.74) is 2.33. The number of benzene rings is 1. The number of hydrogen-bond donors (Lipinski definition) is 1. The van der Waals surface area contributed by atoms with Crippen LogP contribution < -0.4 is 0 Å². The van der Waals surface area contributed by atoms with E-state index in [1.165, 1.54) is 17.5 Å². The van der Waals surface area contributed by atoms with Crippen molar-refractivity contribution in [1.82, 2.24) is 0 Å². The van der Waals surface area contributed by atoms with Crippen LogP contribution in [0.3, 0.4) is 0 Å². The van der Waals surface area contributed by atoms with Crippen LogP contribution in [0.25, 0.3) is 0 Å². The van der Waals surface area contributed by atoms with Gasteiger partial charge in [-0.2, -0.15) is 0 Å². The van der Waals surface area contributed by atoms with Crippen LogP contribution in [0.1, 0.15) is 56.1 Å². The smallest absolute Gasteiger partial charge is 0.125 e. The number of aliphatic hydroxyl groups is 1. The van der Waals surface area contributed by atoms with Gasteiger partial charge < -0.3 is 5.11 Å². The first kappa shape index (κ1) is 12.8. The van der Waals surface area contributed by atoms with Crippen LogP contribution in [0.4, 0.5) is 0 Å². The van der Waals surface area contributed by atoms with Crippen LogP contribution in [0, 0.1) is 17.8 Å². The maximum absolute atomic E-state index is 10.6. The second-order valence-corrected chi connectivity index (χ2v) is 6.03. The van der Waals surface area contributed by atoms with Crippen LogP contribution in [0.15, 0.2) is 24.3 Å². The fraction of sp³-hybridized carbons (Fsp3) is 0.556. The Bertz CT molecular complexity index is 522. The number of rotatable bonds is 0. The van der Waals surface area contributed by atoms with E-state index >= 15 is 0 Å². The van der Waals surface area contributed by atoms with Crippen LogP contribution in [-0.2, 0) is 6.42 Å². The van der Waals surface area contributed by atoms with E-state index in [1.54, 1.807) is 0 Å². The molecule has 0 saturated heterocycles. The summed E-state index contributed by atoms with van der Waals surface area (Å²) < 4.78 is 0. The minimum atomic E-state index is -0.719. The Morgan fingerprint density at radius 3 is 3.00 bits per heavy atom. The first-order valence-corrected chi connectivity index (χ1v) is 7.52. The molecule has 2 aliphatic rings. The van der Waals surface area contributed by atoms with Gasteiger partial charge in [0.05, 0.1) is 0 Å². The van der Waals surface area contributed by atoms with Gasteiger partial charge in [0.15, 0.2) is 0 Å². The van der Waals surface area contributed by atoms with Crippen molar-refractivity contribution >= 4 is 0 Å². The molecule has 0 radical (unpaired) electrons. The third kappa shape index (κ3) is 2.42. The van der Waals surface area contributed by atoms with Gasteiger partial charge in [-0.05, 0) is 55.1 Å². The third-order valence-corrected chi connectivity index (χ3v) is 4.77. The lowest BCUT2D eigenvalue weighted by Crippen LogP contribution is -2.39. The Balaban J connectivity index is 1.83. The summed E-state index contributed by atoms with van der Waals surface area (Å²) in [6.45, 7) is 2.04. The van der Waals surface area contributed by atoms with E-state index in [9.17, 15) is 5.11 Å². The van der Waals surface area contributed by atoms with E-state index in [0.29, 0.717) is 11.8 Å². The fourth-order valence-electron chi connectivity index (χ4n) is 3.85. The first-order chi connectivity index (χ1) is 9.22. The molecule has 1 N–H and O–H groups in total. The summed E-state index contributed by atoms with van der Waals surface area (Å²) in [7, 11) is 0. The summed E-state index contributed by atoms with van der Waals surface area (Å²) in [4.78, 5) is 0. The topological polar surface area (TPSA) is 20.2 Å². The van der Waals surface area contributed by atoms with E-state index in [4.69, 9.17) is 0 Å². The van der Waals surface area contributed by atoms with Gasteiger partial charge in [-0.25, -0.2) is 0 Å². The molecule has 2 aliphatic carbocycles. The highest BCUT2D eigenvalue weighted by Crippen LogP contribution is 2.47. The standard InChI is InChI=1S/C18H22O/c1-2-3-11-18(19)12-10-17-15(13-18)9-8-14-6-4-5-7-16(14)17/h4-7,15,17,19H,2,8-10,12-13H2,1H3. The Morgan fingerprint density at radius 1 is 1.32 bits per heavy atom. The predicted molar refractivity (Wildman–Crippen MR) is 77.9 cm³/mol. The Kier molecular flexibility index (Phi) is 3.37. The van der Waals surface area contributed by atoms with Gasteiger partial charge in [-0.1, -0.05) is 37.1 Å². The van der Waals surface area contributed by atoms with Crippen molar-refractivity contribution in [2.75, 3.05) is 0 Å². The summed E-state index contributed by atoms with van der Waals surface area (Å²) in [6, 6.07) is 8.85. The minimum Gasteiger partial charge on any atom is -0.378 e. The van der Waals surface area contributed by atoms with E-state index < -0.39 is 5.60 Å². The largest absolute Gasteiger partial charge is 0.378 e. The van der Waals surface area contributed by atoms with Crippen molar-refractivity contribution in [3.05, 3.63) is 35.4 Å². The van der Waals surface area contributed by atoms with Crippen LogP contribution >= 0.6 is 0 Å². The second kappa shape index (κ2) is 5.02. The lowest BCUT2D eigenvalue weighted by molar-refractivity contribution is 0.0234. The van der Waals surface area contributed by atoms with E-state index in [2.05, 4.69) is 36.1 Å². The normalized spacial score (nSPS) is 32.7. The van der Waals surface area contributed by atoms with E-state index in [-0.39, 0.29) is 0 Å². The molecule has 0 bridgehead atoms. The number of hydrogen-bond acceptors (Lipinski definition) is 1. The molecule has 0 amide bonds. The number of aryl methyl sites for hydroxylation is 1. The maximum Gasteiger partial charge on any atom is 0.125 e. The van der Waals surface area contributed by atoms with Gasteiger partial charge >= 0.3 is 0 Å². The molecule has 1 fully saturated rings. The third-order valence-electron chi connectivity index (χ3n) is 4.77. The first-order valence-electron chi connectivity index (χ1n) is 7.52. The fourth-order valence-corrected chi connectivity index (χ4v) is 3.85. The molecule has 0 heterocycles. The minimum absolute atomic E-state index is 0.611. The van der Waals surface area contributed by atoms with Crippen LogP contribution in [0.2, 0.25) is 0 Å². The van der Waals surface area contributed by atoms with Gasteiger partial charge in [-0.3, -0.25) is 0 Å². The van der Waals surface area contributed by atoms with E-state index in [0.717, 1.165) is 32.1 Å². The summed E-state index contributed by atoms with van der Waals surface area (Å²) >= 11 is 0. The summed E-state index contributed by atoms with van der Waals surface area (Å²) in [6.07, 6.45) is 5.97. The number of fused-ring (bicyclic) bond motifs is 3. The van der Waals surface area contributed by atoms with Crippen LogP contribution in [0.5, 0.6) is 0 Å². The molecule has 1 heteroatoms. The highest BCUT2D eigenvalue weighted by atomic mass is 16.3. The molecule has 1 saturated carbocycles. The Hall–Kier alpha value is -1.26. The lowest BCUT2D eigenvalue weighted by Gasteiger charge is -2.42. The molecule has 3 rings (SSSR count). The molecule has 100 valence electrons. The van der Waals surface area contributed by atoms with Gasteiger partial charge in [0.1, 0.15) is 5.60 Å². The van der Waals surface area contributed by atoms with Crippen molar-refractivity contribution in [3.63, 3.8) is 0 Å². The van der Waals surface area contributed by atoms with Crippen molar-refractivity contribution in [1.29, 1.82) is 0 Å². The molecule has 0 aliphatic heterocycles. The highest BCUT2D eigenvalue weighted by molar-refractivity contribution is 5.35. The summed E-state index contributed by atoms with van der Waals surface area (Å²) in [5, 5.41) is 10.6. The molecule has 3 unspecified atom stereocenters. The zero-order chi connectivity index (χ0) is 13.3. The molecule has 0 spiro atoms. The Labute approximate surface area is 116 Å². The van der Waals surface area contributed by atoms with Crippen LogP contribution in [-0.4, -0.2) is 10.7 Å². The maximum atomic E-state index is 10.6. The zero-order valence-electron chi connectivity index (χ0n) is 11.7. The lowest BCUT2D eigenvalue weighted by atomic mass is 9.64. The van der Waals surface area contributed by atoms with Crippen molar-refractivity contribution in [2.24, 2.45) is 5.92 Å². The van der Waals surface area contributed by atoms with E-state index in [1.807, 2.05) is 6.92 Å². The molecule has 0 aromatic heterocycles. The molecule has 1 nitrogen and oxygen atoms in total. The van der Waals surface area contributed by atoms with Gasteiger partial charge in [-0.15, -0.1) is 5.92 Å².